The lowest BCUT2D eigenvalue weighted by Gasteiger charge is -2.41. The van der Waals surface area contributed by atoms with Crippen LogP contribution in [0.3, 0.4) is 0 Å². The van der Waals surface area contributed by atoms with E-state index in [1.165, 1.54) is 19.3 Å². The lowest BCUT2D eigenvalue weighted by atomic mass is 9.67. The van der Waals surface area contributed by atoms with E-state index >= 15 is 0 Å². The summed E-state index contributed by atoms with van der Waals surface area (Å²) in [6, 6.07) is 0. The predicted molar refractivity (Wildman–Crippen MR) is 95.2 cm³/mol. The SMILES string of the molecule is COCCC1(CN=C(N)N2CCN(c3nccs3)CC2)CCC1. The van der Waals surface area contributed by atoms with Crippen LogP contribution in [0, 0.1) is 5.41 Å². The zero-order chi connectivity index (χ0) is 16.1. The van der Waals surface area contributed by atoms with Crippen molar-refractivity contribution in [3.8, 4) is 0 Å². The molecule has 6 nitrogen and oxygen atoms in total. The number of ether oxygens (including phenoxy) is 1. The third-order valence-corrected chi connectivity index (χ3v) is 5.95. The topological polar surface area (TPSA) is 67.0 Å². The van der Waals surface area contributed by atoms with Crippen molar-refractivity contribution in [3.05, 3.63) is 11.6 Å². The van der Waals surface area contributed by atoms with Crippen molar-refractivity contribution >= 4 is 22.4 Å². The van der Waals surface area contributed by atoms with E-state index < -0.39 is 0 Å². The standard InChI is InChI=1S/C16H27N5OS/c1-22-11-5-16(3-2-4-16)13-19-14(17)20-7-9-21(10-8-20)15-18-6-12-23-15/h6,12H,2-5,7-11,13H2,1H3,(H2,17,19). The summed E-state index contributed by atoms with van der Waals surface area (Å²) < 4.78 is 5.24. The van der Waals surface area contributed by atoms with Gasteiger partial charge >= 0.3 is 0 Å². The molecule has 0 bridgehead atoms. The summed E-state index contributed by atoms with van der Waals surface area (Å²) in [5.41, 5.74) is 6.58. The Morgan fingerprint density at radius 3 is 2.74 bits per heavy atom. The van der Waals surface area contributed by atoms with Gasteiger partial charge < -0.3 is 20.3 Å². The minimum Gasteiger partial charge on any atom is -0.385 e. The molecule has 0 radical (unpaired) electrons. The molecule has 0 amide bonds. The maximum Gasteiger partial charge on any atom is 0.191 e. The fourth-order valence-electron chi connectivity index (χ4n) is 3.33. The highest BCUT2D eigenvalue weighted by atomic mass is 32.1. The molecule has 7 heteroatoms. The molecule has 0 spiro atoms. The van der Waals surface area contributed by atoms with Crippen molar-refractivity contribution in [2.24, 2.45) is 16.1 Å². The number of nitrogens with two attached hydrogens (primary N) is 1. The zero-order valence-corrected chi connectivity index (χ0v) is 14.7. The summed E-state index contributed by atoms with van der Waals surface area (Å²) in [5.74, 6) is 0.701. The molecule has 3 rings (SSSR count). The van der Waals surface area contributed by atoms with Crippen molar-refractivity contribution < 1.29 is 4.74 Å². The van der Waals surface area contributed by atoms with Crippen LogP contribution in [0.15, 0.2) is 16.6 Å². The molecule has 1 aromatic heterocycles. The minimum atomic E-state index is 0.337. The Morgan fingerprint density at radius 2 is 2.17 bits per heavy atom. The van der Waals surface area contributed by atoms with E-state index in [1.54, 1.807) is 18.4 Å². The number of anilines is 1. The Kier molecular flexibility index (Phi) is 5.38. The monoisotopic (exact) mass is 337 g/mol. The number of rotatable bonds is 6. The number of methoxy groups -OCH3 is 1. The second kappa shape index (κ2) is 7.49. The molecule has 2 N–H and O–H groups in total. The Hall–Kier alpha value is -1.34. The zero-order valence-electron chi connectivity index (χ0n) is 13.9. The average molecular weight is 337 g/mol. The summed E-state index contributed by atoms with van der Waals surface area (Å²) >= 11 is 1.69. The largest absolute Gasteiger partial charge is 0.385 e. The maximum absolute atomic E-state index is 6.24. The smallest absolute Gasteiger partial charge is 0.191 e. The Labute approximate surface area is 142 Å². The quantitative estimate of drug-likeness (QED) is 0.633. The molecule has 128 valence electrons. The Morgan fingerprint density at radius 1 is 1.39 bits per heavy atom. The summed E-state index contributed by atoms with van der Waals surface area (Å²) in [4.78, 5) is 13.6. The molecule has 23 heavy (non-hydrogen) atoms. The Balaban J connectivity index is 1.49. The summed E-state index contributed by atoms with van der Waals surface area (Å²) in [6.07, 6.45) is 6.78. The molecule has 0 unspecified atom stereocenters. The second-order valence-corrected chi connectivity index (χ2v) is 7.43. The first-order chi connectivity index (χ1) is 11.2. The number of piperazine rings is 1. The molecule has 2 aliphatic rings. The molecule has 2 heterocycles. The van der Waals surface area contributed by atoms with E-state index in [2.05, 4.69) is 14.8 Å². The van der Waals surface area contributed by atoms with Gasteiger partial charge in [-0.05, 0) is 24.7 Å². The van der Waals surface area contributed by atoms with Gasteiger partial charge in [-0.15, -0.1) is 11.3 Å². The van der Waals surface area contributed by atoms with Crippen molar-refractivity contribution in [2.75, 3.05) is 51.3 Å². The van der Waals surface area contributed by atoms with Gasteiger partial charge in [0.05, 0.1) is 0 Å². The van der Waals surface area contributed by atoms with E-state index in [4.69, 9.17) is 15.5 Å². The number of aromatic nitrogens is 1. The molecular formula is C16H27N5OS. The molecule has 0 atom stereocenters. The van der Waals surface area contributed by atoms with Crippen molar-refractivity contribution in [1.29, 1.82) is 0 Å². The molecule has 1 aliphatic heterocycles. The lowest BCUT2D eigenvalue weighted by molar-refractivity contribution is 0.0777. The first-order valence-corrected chi connectivity index (χ1v) is 9.29. The van der Waals surface area contributed by atoms with Crippen molar-refractivity contribution in [1.82, 2.24) is 9.88 Å². The third kappa shape index (κ3) is 3.95. The third-order valence-electron chi connectivity index (χ3n) is 5.12. The van der Waals surface area contributed by atoms with E-state index in [-0.39, 0.29) is 0 Å². The van der Waals surface area contributed by atoms with Gasteiger partial charge in [-0.2, -0.15) is 0 Å². The average Bonchev–Trinajstić information content (AvgIpc) is 3.08. The van der Waals surface area contributed by atoms with Crippen molar-refractivity contribution in [3.63, 3.8) is 0 Å². The number of aliphatic imine (C=N–C) groups is 1. The van der Waals surface area contributed by atoms with Crippen molar-refractivity contribution in [2.45, 2.75) is 25.7 Å². The molecule has 1 aliphatic carbocycles. The molecule has 0 aromatic carbocycles. The van der Waals surface area contributed by atoms with Gasteiger partial charge in [-0.3, -0.25) is 4.99 Å². The number of thiazole rings is 1. The normalized spacial score (nSPS) is 21.3. The lowest BCUT2D eigenvalue weighted by Crippen LogP contribution is -2.51. The van der Waals surface area contributed by atoms with Gasteiger partial charge in [0.1, 0.15) is 0 Å². The Bertz CT molecular complexity index is 507. The highest BCUT2D eigenvalue weighted by Gasteiger charge is 2.36. The van der Waals surface area contributed by atoms with Gasteiger partial charge in [0.25, 0.3) is 0 Å². The first kappa shape index (κ1) is 16.5. The number of hydrogen-bond acceptors (Lipinski definition) is 5. The van der Waals surface area contributed by atoms with E-state index in [0.29, 0.717) is 11.4 Å². The second-order valence-electron chi connectivity index (χ2n) is 6.56. The highest BCUT2D eigenvalue weighted by Crippen LogP contribution is 2.44. The predicted octanol–water partition coefficient (Wildman–Crippen LogP) is 1.79. The van der Waals surface area contributed by atoms with Gasteiger partial charge in [-0.25, -0.2) is 4.98 Å². The fourth-order valence-corrected chi connectivity index (χ4v) is 4.03. The van der Waals surface area contributed by atoms with Crippen LogP contribution in [-0.2, 0) is 4.74 Å². The van der Waals surface area contributed by atoms with Gasteiger partial charge in [0.15, 0.2) is 11.1 Å². The van der Waals surface area contributed by atoms with Gasteiger partial charge in [-0.1, -0.05) is 6.42 Å². The van der Waals surface area contributed by atoms with Crippen LogP contribution in [0.1, 0.15) is 25.7 Å². The number of guanidine groups is 1. The summed E-state index contributed by atoms with van der Waals surface area (Å²) in [7, 11) is 1.77. The number of hydrogen-bond donors (Lipinski definition) is 1. The highest BCUT2D eigenvalue weighted by molar-refractivity contribution is 7.13. The van der Waals surface area contributed by atoms with Crippen LogP contribution < -0.4 is 10.6 Å². The van der Waals surface area contributed by atoms with E-state index in [0.717, 1.165) is 50.9 Å². The van der Waals surface area contributed by atoms with Crippen LogP contribution in [0.2, 0.25) is 0 Å². The molecule has 2 fully saturated rings. The molecule has 1 aromatic rings. The van der Waals surface area contributed by atoms with Gasteiger partial charge in [0, 0.05) is 58.0 Å². The molecular weight excluding hydrogens is 310 g/mol. The van der Waals surface area contributed by atoms with E-state index in [1.807, 2.05) is 11.6 Å². The summed E-state index contributed by atoms with van der Waals surface area (Å²) in [5, 5.41) is 3.13. The van der Waals surface area contributed by atoms with Crippen LogP contribution in [0.25, 0.3) is 0 Å². The minimum absolute atomic E-state index is 0.337. The molecule has 1 saturated carbocycles. The van der Waals surface area contributed by atoms with E-state index in [9.17, 15) is 0 Å². The van der Waals surface area contributed by atoms with Gasteiger partial charge in [0.2, 0.25) is 0 Å². The fraction of sp³-hybridized carbons (Fsp3) is 0.750. The van der Waals surface area contributed by atoms with Crippen LogP contribution in [-0.4, -0.2) is 62.3 Å². The number of nitrogens with zero attached hydrogens (tertiary/aromatic N) is 4. The van der Waals surface area contributed by atoms with Crippen LogP contribution >= 0.6 is 11.3 Å². The maximum atomic E-state index is 6.24. The first-order valence-electron chi connectivity index (χ1n) is 8.41. The van der Waals surface area contributed by atoms with Crippen LogP contribution in [0.4, 0.5) is 5.13 Å². The molecule has 1 saturated heterocycles. The summed E-state index contributed by atoms with van der Waals surface area (Å²) in [6.45, 7) is 5.41. The van der Waals surface area contributed by atoms with Crippen LogP contribution in [0.5, 0.6) is 0 Å².